The minimum Gasteiger partial charge on any atom is -0.376 e. The van der Waals surface area contributed by atoms with Crippen molar-refractivity contribution in [2.45, 2.75) is 11.0 Å². The van der Waals surface area contributed by atoms with Crippen molar-refractivity contribution in [3.63, 3.8) is 0 Å². The quantitative estimate of drug-likeness (QED) is 0.885. The molecule has 106 valence electrons. The van der Waals surface area contributed by atoms with E-state index in [4.69, 9.17) is 9.47 Å². The number of benzene rings is 1. The Morgan fingerprint density at radius 1 is 1.42 bits per heavy atom. The predicted octanol–water partition coefficient (Wildman–Crippen LogP) is 1.28. The number of nitrogens with one attached hydrogen (secondary N) is 1. The molecule has 0 amide bonds. The van der Waals surface area contributed by atoms with Crippen LogP contribution in [-0.4, -0.2) is 40.9 Å². The lowest BCUT2D eigenvalue weighted by Crippen LogP contribution is -2.39. The summed E-state index contributed by atoms with van der Waals surface area (Å²) < 4.78 is 50.7. The maximum Gasteiger partial charge on any atom is 0.243 e. The molecule has 1 saturated heterocycles. The lowest BCUT2D eigenvalue weighted by atomic mass is 10.3. The SMILES string of the molecule is O=S(=O)(NCC1COCCO1)c1ccc(Br)cc1F. The lowest BCUT2D eigenvalue weighted by molar-refractivity contribution is -0.0847. The van der Waals surface area contributed by atoms with Gasteiger partial charge in [0.1, 0.15) is 10.7 Å². The van der Waals surface area contributed by atoms with E-state index >= 15 is 0 Å². The number of halogens is 2. The topological polar surface area (TPSA) is 64.6 Å². The van der Waals surface area contributed by atoms with Crippen molar-refractivity contribution in [3.05, 3.63) is 28.5 Å². The number of ether oxygens (including phenoxy) is 2. The number of sulfonamides is 1. The Bertz CT molecular complexity index is 546. The van der Waals surface area contributed by atoms with Gasteiger partial charge in [-0.15, -0.1) is 0 Å². The third-order valence-corrected chi connectivity index (χ3v) is 4.52. The van der Waals surface area contributed by atoms with Gasteiger partial charge in [0.15, 0.2) is 0 Å². The van der Waals surface area contributed by atoms with Crippen LogP contribution in [-0.2, 0) is 19.5 Å². The first kappa shape index (κ1) is 14.9. The Morgan fingerprint density at radius 3 is 2.84 bits per heavy atom. The molecule has 0 bridgehead atoms. The number of rotatable bonds is 4. The zero-order chi connectivity index (χ0) is 13.9. The minimum atomic E-state index is -3.89. The third-order valence-electron chi connectivity index (χ3n) is 2.57. The fourth-order valence-corrected chi connectivity index (χ4v) is 3.08. The van der Waals surface area contributed by atoms with Crippen LogP contribution in [0.15, 0.2) is 27.6 Å². The molecule has 0 saturated carbocycles. The van der Waals surface area contributed by atoms with Gasteiger partial charge < -0.3 is 9.47 Å². The number of hydrogen-bond donors (Lipinski definition) is 1. The van der Waals surface area contributed by atoms with E-state index in [1.165, 1.54) is 12.1 Å². The molecule has 1 unspecified atom stereocenters. The van der Waals surface area contributed by atoms with Crippen molar-refractivity contribution in [3.8, 4) is 0 Å². The van der Waals surface area contributed by atoms with Gasteiger partial charge in [-0.1, -0.05) is 15.9 Å². The first-order valence-electron chi connectivity index (χ1n) is 5.63. The van der Waals surface area contributed by atoms with Crippen molar-refractivity contribution in [2.75, 3.05) is 26.4 Å². The van der Waals surface area contributed by atoms with E-state index in [-0.39, 0.29) is 17.5 Å². The van der Waals surface area contributed by atoms with E-state index in [1.807, 2.05) is 0 Å². The van der Waals surface area contributed by atoms with E-state index in [0.29, 0.717) is 24.3 Å². The number of hydrogen-bond acceptors (Lipinski definition) is 4. The fourth-order valence-electron chi connectivity index (χ4n) is 1.63. The summed E-state index contributed by atoms with van der Waals surface area (Å²) in [4.78, 5) is -0.382. The normalized spacial score (nSPS) is 20.4. The standard InChI is InChI=1S/C11H13BrFNO4S/c12-8-1-2-11(10(13)5-8)19(15,16)14-6-9-7-17-3-4-18-9/h1-2,5,9,14H,3-4,6-7H2. The molecular formula is C11H13BrFNO4S. The summed E-state index contributed by atoms with van der Waals surface area (Å²) in [7, 11) is -3.89. The second-order valence-corrected chi connectivity index (χ2v) is 6.65. The zero-order valence-electron chi connectivity index (χ0n) is 9.93. The lowest BCUT2D eigenvalue weighted by Gasteiger charge is -2.23. The van der Waals surface area contributed by atoms with Crippen molar-refractivity contribution in [1.82, 2.24) is 4.72 Å². The maximum absolute atomic E-state index is 13.6. The summed E-state index contributed by atoms with van der Waals surface area (Å²) in [6, 6.07) is 3.78. The Labute approximate surface area is 119 Å². The maximum atomic E-state index is 13.6. The third kappa shape index (κ3) is 3.96. The summed E-state index contributed by atoms with van der Waals surface area (Å²) in [5.41, 5.74) is 0. The Morgan fingerprint density at radius 2 is 2.21 bits per heavy atom. The Balaban J connectivity index is 2.05. The molecule has 1 aromatic rings. The van der Waals surface area contributed by atoms with E-state index in [9.17, 15) is 12.8 Å². The molecule has 0 spiro atoms. The molecule has 19 heavy (non-hydrogen) atoms. The molecule has 1 fully saturated rings. The molecule has 0 radical (unpaired) electrons. The highest BCUT2D eigenvalue weighted by atomic mass is 79.9. The van der Waals surface area contributed by atoms with Crippen LogP contribution in [0.25, 0.3) is 0 Å². The summed E-state index contributed by atoms with van der Waals surface area (Å²) >= 11 is 3.07. The van der Waals surface area contributed by atoms with Crippen LogP contribution in [0.1, 0.15) is 0 Å². The molecule has 1 aliphatic rings. The summed E-state index contributed by atoms with van der Waals surface area (Å²) in [5.74, 6) is -0.803. The van der Waals surface area contributed by atoms with Gasteiger partial charge in [-0.05, 0) is 18.2 Å². The van der Waals surface area contributed by atoms with Crippen LogP contribution >= 0.6 is 15.9 Å². The van der Waals surface area contributed by atoms with Crippen LogP contribution in [0.4, 0.5) is 4.39 Å². The second kappa shape index (κ2) is 6.27. The highest BCUT2D eigenvalue weighted by Gasteiger charge is 2.22. The van der Waals surface area contributed by atoms with Gasteiger partial charge in [-0.25, -0.2) is 17.5 Å². The highest BCUT2D eigenvalue weighted by molar-refractivity contribution is 9.10. The molecule has 1 atom stereocenters. The molecule has 1 aromatic carbocycles. The van der Waals surface area contributed by atoms with Gasteiger partial charge in [0, 0.05) is 11.0 Å². The van der Waals surface area contributed by atoms with Crippen molar-refractivity contribution < 1.29 is 22.3 Å². The van der Waals surface area contributed by atoms with Crippen LogP contribution in [0.5, 0.6) is 0 Å². The van der Waals surface area contributed by atoms with Gasteiger partial charge in [-0.3, -0.25) is 0 Å². The summed E-state index contributed by atoms with van der Waals surface area (Å²) in [6.07, 6.45) is -0.345. The molecular weight excluding hydrogens is 341 g/mol. The van der Waals surface area contributed by atoms with Gasteiger partial charge in [-0.2, -0.15) is 0 Å². The van der Waals surface area contributed by atoms with Crippen LogP contribution in [0.3, 0.4) is 0 Å². The van der Waals surface area contributed by atoms with E-state index in [1.54, 1.807) is 0 Å². The van der Waals surface area contributed by atoms with Gasteiger partial charge in [0.25, 0.3) is 0 Å². The van der Waals surface area contributed by atoms with Crippen LogP contribution < -0.4 is 4.72 Å². The monoisotopic (exact) mass is 353 g/mol. The molecule has 1 N–H and O–H groups in total. The summed E-state index contributed by atoms with van der Waals surface area (Å²) in [6.45, 7) is 1.31. The molecule has 5 nitrogen and oxygen atoms in total. The minimum absolute atomic E-state index is 0.0534. The smallest absolute Gasteiger partial charge is 0.243 e. The average molecular weight is 354 g/mol. The molecule has 0 aromatic heterocycles. The summed E-state index contributed by atoms with van der Waals surface area (Å²) in [5, 5.41) is 0. The first-order chi connectivity index (χ1) is 8.99. The van der Waals surface area contributed by atoms with E-state index < -0.39 is 15.8 Å². The van der Waals surface area contributed by atoms with Crippen LogP contribution in [0, 0.1) is 5.82 Å². The van der Waals surface area contributed by atoms with Crippen LogP contribution in [0.2, 0.25) is 0 Å². The Kier molecular flexibility index (Phi) is 4.91. The first-order valence-corrected chi connectivity index (χ1v) is 7.91. The molecule has 8 heteroatoms. The molecule has 0 aliphatic carbocycles. The van der Waals surface area contributed by atoms with Gasteiger partial charge in [0.05, 0.1) is 25.9 Å². The Hall–Kier alpha value is -0.540. The van der Waals surface area contributed by atoms with E-state index in [2.05, 4.69) is 20.7 Å². The largest absolute Gasteiger partial charge is 0.376 e. The molecule has 2 rings (SSSR count). The predicted molar refractivity (Wildman–Crippen MR) is 69.8 cm³/mol. The van der Waals surface area contributed by atoms with Gasteiger partial charge >= 0.3 is 0 Å². The molecule has 1 aliphatic heterocycles. The fraction of sp³-hybridized carbons (Fsp3) is 0.455. The average Bonchev–Trinajstić information content (AvgIpc) is 2.37. The highest BCUT2D eigenvalue weighted by Crippen LogP contribution is 2.19. The van der Waals surface area contributed by atoms with E-state index in [0.717, 1.165) is 6.07 Å². The van der Waals surface area contributed by atoms with Gasteiger partial charge in [0.2, 0.25) is 10.0 Å². The molecule has 1 heterocycles. The van der Waals surface area contributed by atoms with Crippen molar-refractivity contribution in [1.29, 1.82) is 0 Å². The zero-order valence-corrected chi connectivity index (χ0v) is 12.3. The van der Waals surface area contributed by atoms with Crippen molar-refractivity contribution in [2.24, 2.45) is 0 Å². The second-order valence-electron chi connectivity index (χ2n) is 3.99. The van der Waals surface area contributed by atoms with Crippen molar-refractivity contribution >= 4 is 26.0 Å².